The number of piperidine rings is 1. The lowest BCUT2D eigenvalue weighted by Crippen LogP contribution is -2.47. The fraction of sp³-hybridized carbons (Fsp3) is 0.450. The molecule has 2 aliphatic rings. The van der Waals surface area contributed by atoms with E-state index in [-0.39, 0.29) is 29.3 Å². The molecule has 1 amide bonds. The van der Waals surface area contributed by atoms with Crippen LogP contribution < -0.4 is 11.3 Å². The maximum Gasteiger partial charge on any atom is 0.254 e. The van der Waals surface area contributed by atoms with Gasteiger partial charge in [0.05, 0.1) is 5.69 Å². The lowest BCUT2D eigenvalue weighted by Gasteiger charge is -2.40. The number of nitrogens with two attached hydrogens (primary N) is 1. The highest BCUT2D eigenvalue weighted by atomic mass is 35.5. The third-order valence-corrected chi connectivity index (χ3v) is 5.95. The van der Waals surface area contributed by atoms with Gasteiger partial charge in [-0.1, -0.05) is 30.3 Å². The molecule has 0 saturated carbocycles. The van der Waals surface area contributed by atoms with Crippen LogP contribution in [0.5, 0.6) is 0 Å². The zero-order valence-electron chi connectivity index (χ0n) is 15.4. The summed E-state index contributed by atoms with van der Waals surface area (Å²) in [6.45, 7) is 3.14. The zero-order valence-corrected chi connectivity index (χ0v) is 16.2. The van der Waals surface area contributed by atoms with Gasteiger partial charge in [-0.2, -0.15) is 0 Å². The molecule has 4 rings (SSSR count). The number of nitrogens with one attached hydrogen (secondary N) is 1. The van der Waals surface area contributed by atoms with Gasteiger partial charge < -0.3 is 15.6 Å². The Morgan fingerprint density at radius 2 is 1.89 bits per heavy atom. The molecule has 0 radical (unpaired) electrons. The molecule has 1 atom stereocenters. The fourth-order valence-electron chi connectivity index (χ4n) is 4.41. The molecule has 0 bridgehead atoms. The van der Waals surface area contributed by atoms with E-state index in [2.05, 4.69) is 9.97 Å². The summed E-state index contributed by atoms with van der Waals surface area (Å²) < 4.78 is 0. The van der Waals surface area contributed by atoms with E-state index in [1.165, 1.54) is 0 Å². The molecule has 1 aromatic heterocycles. The van der Waals surface area contributed by atoms with Crippen LogP contribution in [0.25, 0.3) is 0 Å². The van der Waals surface area contributed by atoms with E-state index < -0.39 is 6.04 Å². The second-order valence-corrected chi connectivity index (χ2v) is 7.47. The number of carbonyl (C=O) groups is 1. The first kappa shape index (κ1) is 19.6. The van der Waals surface area contributed by atoms with Crippen molar-refractivity contribution in [3.05, 3.63) is 63.3 Å². The highest BCUT2D eigenvalue weighted by molar-refractivity contribution is 5.85. The van der Waals surface area contributed by atoms with Gasteiger partial charge in [0.1, 0.15) is 11.9 Å². The number of hydrogen-bond acceptors (Lipinski definition) is 4. The van der Waals surface area contributed by atoms with Gasteiger partial charge in [-0.3, -0.25) is 9.59 Å². The number of rotatable bonds is 2. The molecule has 1 saturated heterocycles. The lowest BCUT2D eigenvalue weighted by molar-refractivity contribution is -0.134. The van der Waals surface area contributed by atoms with Crippen molar-refractivity contribution in [2.45, 2.75) is 44.1 Å². The predicted octanol–water partition coefficient (Wildman–Crippen LogP) is 2.01. The number of aromatic nitrogens is 2. The molecule has 2 aromatic rings. The Balaban J connectivity index is 0.00000210. The Morgan fingerprint density at radius 1 is 1.22 bits per heavy atom. The van der Waals surface area contributed by atoms with Crippen molar-refractivity contribution in [1.82, 2.24) is 14.9 Å². The van der Waals surface area contributed by atoms with E-state index in [0.29, 0.717) is 18.9 Å². The normalized spacial score (nSPS) is 18.7. The van der Waals surface area contributed by atoms with Gasteiger partial charge in [0.25, 0.3) is 5.56 Å². The molecule has 1 spiro atoms. The van der Waals surface area contributed by atoms with Crippen molar-refractivity contribution in [2.75, 3.05) is 13.1 Å². The minimum atomic E-state index is -0.621. The molecule has 1 aliphatic carbocycles. The number of H-pyrrole nitrogens is 1. The van der Waals surface area contributed by atoms with Crippen molar-refractivity contribution >= 4 is 18.3 Å². The molecule has 1 aromatic carbocycles. The second kappa shape index (κ2) is 7.44. The molecule has 1 fully saturated rings. The largest absolute Gasteiger partial charge is 0.341 e. The maximum absolute atomic E-state index is 12.8. The van der Waals surface area contributed by atoms with Crippen molar-refractivity contribution in [2.24, 2.45) is 5.73 Å². The van der Waals surface area contributed by atoms with Gasteiger partial charge >= 0.3 is 0 Å². The molecule has 0 unspecified atom stereocenters. The molecule has 1 aliphatic heterocycles. The summed E-state index contributed by atoms with van der Waals surface area (Å²) in [5.41, 5.74) is 8.74. The van der Waals surface area contributed by atoms with Gasteiger partial charge in [0, 0.05) is 24.1 Å². The molecule has 6 nitrogen and oxygen atoms in total. The highest BCUT2D eigenvalue weighted by Crippen LogP contribution is 2.44. The quantitative estimate of drug-likeness (QED) is 0.823. The maximum atomic E-state index is 12.8. The van der Waals surface area contributed by atoms with E-state index in [9.17, 15) is 9.59 Å². The van der Waals surface area contributed by atoms with Gasteiger partial charge in [0.15, 0.2) is 0 Å². The van der Waals surface area contributed by atoms with Crippen LogP contribution in [0.3, 0.4) is 0 Å². The summed E-state index contributed by atoms with van der Waals surface area (Å²) in [5.74, 6) is 0.638. The summed E-state index contributed by atoms with van der Waals surface area (Å²) in [7, 11) is 0. The third kappa shape index (κ3) is 3.39. The Bertz CT molecular complexity index is 889. The average molecular weight is 389 g/mol. The first-order chi connectivity index (χ1) is 12.5. The van der Waals surface area contributed by atoms with E-state index in [4.69, 9.17) is 5.73 Å². The minimum Gasteiger partial charge on any atom is -0.341 e. The van der Waals surface area contributed by atoms with E-state index in [1.807, 2.05) is 42.2 Å². The van der Waals surface area contributed by atoms with Crippen LogP contribution in [0, 0.1) is 6.92 Å². The Hall–Kier alpha value is -2.18. The van der Waals surface area contributed by atoms with Gasteiger partial charge in [-0.15, -0.1) is 12.4 Å². The molecular weight excluding hydrogens is 364 g/mol. The topological polar surface area (TPSA) is 92.1 Å². The second-order valence-electron chi connectivity index (χ2n) is 7.47. The summed E-state index contributed by atoms with van der Waals surface area (Å²) in [4.78, 5) is 34.3. The zero-order chi connectivity index (χ0) is 18.3. The number of aromatic amines is 1. The van der Waals surface area contributed by atoms with Crippen molar-refractivity contribution in [3.63, 3.8) is 0 Å². The Morgan fingerprint density at radius 3 is 2.56 bits per heavy atom. The smallest absolute Gasteiger partial charge is 0.254 e. The standard InChI is InChI=1S/C20H24N4O2.ClH/c1-13-22-17-15(18(25)23-13)7-8-20(17)9-11-24(12-10-20)19(26)16(21)14-5-3-2-4-6-14;/h2-6,16H,7-12,21H2,1H3,(H,22,23,25);1H/t16-;/m0./s1. The average Bonchev–Trinajstić information content (AvgIpc) is 3.00. The van der Waals surface area contributed by atoms with Gasteiger partial charge in [-0.05, 0) is 38.2 Å². The van der Waals surface area contributed by atoms with E-state index >= 15 is 0 Å². The first-order valence-electron chi connectivity index (χ1n) is 9.20. The first-order valence-corrected chi connectivity index (χ1v) is 9.20. The van der Waals surface area contributed by atoms with Crippen LogP contribution in [0.4, 0.5) is 0 Å². The number of amides is 1. The summed E-state index contributed by atoms with van der Waals surface area (Å²) in [6, 6.07) is 8.87. The van der Waals surface area contributed by atoms with Gasteiger partial charge in [-0.25, -0.2) is 4.98 Å². The van der Waals surface area contributed by atoms with Crippen LogP contribution >= 0.6 is 12.4 Å². The number of hydrogen-bond donors (Lipinski definition) is 2. The van der Waals surface area contributed by atoms with Crippen LogP contribution in [-0.2, 0) is 16.6 Å². The number of likely N-dealkylation sites (tertiary alicyclic amines) is 1. The van der Waals surface area contributed by atoms with E-state index in [0.717, 1.165) is 42.5 Å². The van der Waals surface area contributed by atoms with Crippen molar-refractivity contribution in [1.29, 1.82) is 0 Å². The van der Waals surface area contributed by atoms with Crippen LogP contribution in [0.1, 0.15) is 47.9 Å². The highest BCUT2D eigenvalue weighted by Gasteiger charge is 2.44. The summed E-state index contributed by atoms with van der Waals surface area (Å²) >= 11 is 0. The van der Waals surface area contributed by atoms with Crippen LogP contribution in [0.2, 0.25) is 0 Å². The SMILES string of the molecule is Cc1nc2c(c(=O)[nH]1)CCC21CCN(C(=O)[C@@H](N)c2ccccc2)CC1.Cl. The molecule has 27 heavy (non-hydrogen) atoms. The summed E-state index contributed by atoms with van der Waals surface area (Å²) in [6.07, 6.45) is 3.39. The number of fused-ring (bicyclic) bond motifs is 2. The summed E-state index contributed by atoms with van der Waals surface area (Å²) in [5, 5.41) is 0. The van der Waals surface area contributed by atoms with E-state index in [1.54, 1.807) is 0 Å². The number of halogens is 1. The van der Waals surface area contributed by atoms with Crippen LogP contribution in [-0.4, -0.2) is 33.9 Å². The molecule has 2 heterocycles. The molecule has 3 N–H and O–H groups in total. The molecule has 144 valence electrons. The van der Waals surface area contributed by atoms with Crippen molar-refractivity contribution in [3.8, 4) is 0 Å². The van der Waals surface area contributed by atoms with Gasteiger partial charge in [0.2, 0.25) is 5.91 Å². The lowest BCUT2D eigenvalue weighted by atomic mass is 9.76. The van der Waals surface area contributed by atoms with Crippen molar-refractivity contribution < 1.29 is 4.79 Å². The minimum absolute atomic E-state index is 0. The number of carbonyl (C=O) groups excluding carboxylic acids is 1. The third-order valence-electron chi connectivity index (χ3n) is 5.95. The Labute approximate surface area is 164 Å². The number of benzene rings is 1. The monoisotopic (exact) mass is 388 g/mol. The number of nitrogens with zero attached hydrogens (tertiary/aromatic N) is 2. The Kier molecular flexibility index (Phi) is 5.40. The fourth-order valence-corrected chi connectivity index (χ4v) is 4.41. The molecule has 7 heteroatoms. The number of aryl methyl sites for hydroxylation is 1. The molecular formula is C20H25ClN4O2. The van der Waals surface area contributed by atoms with Crippen LogP contribution in [0.15, 0.2) is 35.1 Å². The predicted molar refractivity (Wildman–Crippen MR) is 106 cm³/mol.